The summed E-state index contributed by atoms with van der Waals surface area (Å²) >= 11 is 0. The summed E-state index contributed by atoms with van der Waals surface area (Å²) in [6.07, 6.45) is -0.803. The first-order valence-corrected chi connectivity index (χ1v) is 7.70. The molecule has 1 atom stereocenters. The molecule has 0 spiro atoms. The molecular formula is C18H18F2N2O3. The lowest BCUT2D eigenvalue weighted by atomic mass is 10.1. The molecule has 0 fully saturated rings. The fraction of sp³-hybridized carbons (Fsp3) is 0.222. The zero-order valence-electron chi connectivity index (χ0n) is 13.6. The van der Waals surface area contributed by atoms with E-state index in [4.69, 9.17) is 4.74 Å². The van der Waals surface area contributed by atoms with Crippen LogP contribution in [0.1, 0.15) is 18.9 Å². The van der Waals surface area contributed by atoms with Crippen molar-refractivity contribution >= 4 is 11.8 Å². The number of nitrogens with one attached hydrogen (secondary N) is 2. The molecular weight excluding hydrogens is 330 g/mol. The van der Waals surface area contributed by atoms with Gasteiger partial charge in [-0.15, -0.1) is 0 Å². The van der Waals surface area contributed by atoms with Gasteiger partial charge < -0.3 is 4.74 Å². The molecule has 2 rings (SSSR count). The van der Waals surface area contributed by atoms with Crippen LogP contribution in [0.5, 0.6) is 5.75 Å². The Balaban J connectivity index is 1.76. The van der Waals surface area contributed by atoms with Crippen LogP contribution in [0.4, 0.5) is 8.78 Å². The molecule has 0 saturated carbocycles. The molecule has 0 unspecified atom stereocenters. The average Bonchev–Trinajstić information content (AvgIpc) is 2.60. The van der Waals surface area contributed by atoms with Crippen LogP contribution in [0.15, 0.2) is 48.5 Å². The van der Waals surface area contributed by atoms with E-state index in [1.165, 1.54) is 31.2 Å². The van der Waals surface area contributed by atoms with Crippen molar-refractivity contribution in [3.63, 3.8) is 0 Å². The SMILES string of the molecule is C[C@H](Oc1ccccc1F)C(=O)NNC(=O)CCc1ccccc1F. The maximum atomic E-state index is 13.5. The fourth-order valence-electron chi connectivity index (χ4n) is 2.03. The number of ether oxygens (including phenoxy) is 1. The Morgan fingerprint density at radius 1 is 1.00 bits per heavy atom. The van der Waals surface area contributed by atoms with Crippen molar-refractivity contribution in [1.82, 2.24) is 10.9 Å². The van der Waals surface area contributed by atoms with Crippen molar-refractivity contribution in [1.29, 1.82) is 0 Å². The summed E-state index contributed by atoms with van der Waals surface area (Å²) in [5.74, 6) is -2.14. The van der Waals surface area contributed by atoms with Crippen molar-refractivity contribution in [2.24, 2.45) is 0 Å². The second-order valence-corrected chi connectivity index (χ2v) is 5.32. The third-order valence-corrected chi connectivity index (χ3v) is 3.41. The van der Waals surface area contributed by atoms with Crippen LogP contribution in [0.25, 0.3) is 0 Å². The first kappa shape index (κ1) is 18.4. The summed E-state index contributed by atoms with van der Waals surface area (Å²) in [6, 6.07) is 11.8. The zero-order chi connectivity index (χ0) is 18.2. The highest BCUT2D eigenvalue weighted by molar-refractivity contribution is 5.84. The van der Waals surface area contributed by atoms with E-state index in [0.29, 0.717) is 5.56 Å². The topological polar surface area (TPSA) is 67.4 Å². The maximum Gasteiger partial charge on any atom is 0.279 e. The summed E-state index contributed by atoms with van der Waals surface area (Å²) in [7, 11) is 0. The average molecular weight is 348 g/mol. The van der Waals surface area contributed by atoms with Gasteiger partial charge in [0.2, 0.25) is 5.91 Å². The third-order valence-electron chi connectivity index (χ3n) is 3.41. The van der Waals surface area contributed by atoms with Gasteiger partial charge in [0.25, 0.3) is 5.91 Å². The van der Waals surface area contributed by atoms with E-state index >= 15 is 0 Å². The summed E-state index contributed by atoms with van der Waals surface area (Å²) in [6.45, 7) is 1.42. The van der Waals surface area contributed by atoms with Crippen LogP contribution < -0.4 is 15.6 Å². The van der Waals surface area contributed by atoms with Gasteiger partial charge in [0.05, 0.1) is 0 Å². The van der Waals surface area contributed by atoms with Crippen molar-refractivity contribution < 1.29 is 23.1 Å². The molecule has 5 nitrogen and oxygen atoms in total. The number of para-hydroxylation sites is 1. The van der Waals surface area contributed by atoms with E-state index in [1.54, 1.807) is 24.3 Å². The minimum absolute atomic E-state index is 0.00373. The molecule has 0 saturated heterocycles. The molecule has 2 N–H and O–H groups in total. The van der Waals surface area contributed by atoms with Gasteiger partial charge in [0.1, 0.15) is 5.82 Å². The lowest BCUT2D eigenvalue weighted by Gasteiger charge is -2.15. The van der Waals surface area contributed by atoms with Gasteiger partial charge in [-0.3, -0.25) is 20.4 Å². The molecule has 0 heterocycles. The Morgan fingerprint density at radius 3 is 2.32 bits per heavy atom. The smallest absolute Gasteiger partial charge is 0.279 e. The largest absolute Gasteiger partial charge is 0.478 e. The first-order chi connectivity index (χ1) is 12.0. The van der Waals surface area contributed by atoms with Gasteiger partial charge in [0.15, 0.2) is 17.7 Å². The minimum Gasteiger partial charge on any atom is -0.478 e. The molecule has 2 amide bonds. The molecule has 0 bridgehead atoms. The number of aryl methyl sites for hydroxylation is 1. The number of halogens is 2. The lowest BCUT2D eigenvalue weighted by molar-refractivity contribution is -0.132. The number of hydrazine groups is 1. The first-order valence-electron chi connectivity index (χ1n) is 7.70. The number of carbonyl (C=O) groups is 2. The van der Waals surface area contributed by atoms with E-state index < -0.39 is 23.7 Å². The summed E-state index contributed by atoms with van der Waals surface area (Å²) in [4.78, 5) is 23.6. The Bertz CT molecular complexity index is 753. The van der Waals surface area contributed by atoms with Crippen molar-refractivity contribution in [3.05, 3.63) is 65.7 Å². The van der Waals surface area contributed by atoms with E-state index in [0.717, 1.165) is 0 Å². The predicted molar refractivity (Wildman–Crippen MR) is 87.5 cm³/mol. The number of hydrogen-bond acceptors (Lipinski definition) is 3. The minimum atomic E-state index is -1.01. The Labute approximate surface area is 144 Å². The van der Waals surface area contributed by atoms with Crippen LogP contribution in [0.3, 0.4) is 0 Å². The van der Waals surface area contributed by atoms with E-state index in [-0.39, 0.29) is 24.4 Å². The molecule has 25 heavy (non-hydrogen) atoms. The highest BCUT2D eigenvalue weighted by Gasteiger charge is 2.17. The highest BCUT2D eigenvalue weighted by atomic mass is 19.1. The number of hydrogen-bond donors (Lipinski definition) is 2. The van der Waals surface area contributed by atoms with Crippen LogP contribution in [-0.4, -0.2) is 17.9 Å². The van der Waals surface area contributed by atoms with Gasteiger partial charge in [0, 0.05) is 6.42 Å². The van der Waals surface area contributed by atoms with Crippen molar-refractivity contribution in [2.75, 3.05) is 0 Å². The molecule has 0 aliphatic rings. The van der Waals surface area contributed by atoms with Crippen molar-refractivity contribution in [2.45, 2.75) is 25.9 Å². The van der Waals surface area contributed by atoms with Gasteiger partial charge in [-0.25, -0.2) is 8.78 Å². The third kappa shape index (κ3) is 5.56. The van der Waals surface area contributed by atoms with Crippen LogP contribution in [-0.2, 0) is 16.0 Å². The second-order valence-electron chi connectivity index (χ2n) is 5.32. The monoisotopic (exact) mass is 348 g/mol. The zero-order valence-corrected chi connectivity index (χ0v) is 13.6. The van der Waals surface area contributed by atoms with Gasteiger partial charge in [-0.1, -0.05) is 30.3 Å². The standard InChI is InChI=1S/C18H18F2N2O3/c1-12(25-16-9-5-4-8-15(16)20)18(24)22-21-17(23)11-10-13-6-2-3-7-14(13)19/h2-9,12H,10-11H2,1H3,(H,21,23)(H,22,24)/t12-/m0/s1. The number of carbonyl (C=O) groups excluding carboxylic acids is 2. The van der Waals surface area contributed by atoms with E-state index in [1.807, 2.05) is 0 Å². The quantitative estimate of drug-likeness (QED) is 0.789. The van der Waals surface area contributed by atoms with E-state index in [2.05, 4.69) is 10.9 Å². The maximum absolute atomic E-state index is 13.5. The van der Waals surface area contributed by atoms with Gasteiger partial charge >= 0.3 is 0 Å². The second kappa shape index (κ2) is 8.77. The predicted octanol–water partition coefficient (Wildman–Crippen LogP) is 2.51. The Morgan fingerprint density at radius 2 is 1.64 bits per heavy atom. The summed E-state index contributed by atoms with van der Waals surface area (Å²) in [5, 5.41) is 0. The number of rotatable bonds is 6. The molecule has 2 aromatic rings. The Kier molecular flexibility index (Phi) is 6.45. The molecule has 0 aliphatic carbocycles. The van der Waals surface area contributed by atoms with Crippen molar-refractivity contribution in [3.8, 4) is 5.75 Å². The Hall–Kier alpha value is -2.96. The summed E-state index contributed by atoms with van der Waals surface area (Å²) < 4.78 is 32.1. The molecule has 2 aromatic carbocycles. The lowest BCUT2D eigenvalue weighted by Crippen LogP contribution is -2.47. The van der Waals surface area contributed by atoms with Gasteiger partial charge in [-0.2, -0.15) is 0 Å². The summed E-state index contributed by atoms with van der Waals surface area (Å²) in [5.41, 5.74) is 4.83. The molecule has 7 heteroatoms. The number of benzene rings is 2. The molecule has 132 valence electrons. The van der Waals surface area contributed by atoms with E-state index in [9.17, 15) is 18.4 Å². The molecule has 0 aromatic heterocycles. The van der Waals surface area contributed by atoms with Crippen LogP contribution >= 0.6 is 0 Å². The van der Waals surface area contributed by atoms with Crippen LogP contribution in [0, 0.1) is 11.6 Å². The fourth-order valence-corrected chi connectivity index (χ4v) is 2.03. The number of amides is 2. The van der Waals surface area contributed by atoms with Gasteiger partial charge in [-0.05, 0) is 37.1 Å². The normalized spacial score (nSPS) is 11.5. The molecule has 0 aliphatic heterocycles. The molecule has 0 radical (unpaired) electrons. The highest BCUT2D eigenvalue weighted by Crippen LogP contribution is 2.16. The van der Waals surface area contributed by atoms with Crippen LogP contribution in [0.2, 0.25) is 0 Å².